The van der Waals surface area contributed by atoms with Gasteiger partial charge in [0.05, 0.1) is 0 Å². The molecule has 1 rings (SSSR count). The largest absolute Gasteiger partial charge is 0.356 e. The Kier molecular flexibility index (Phi) is 5.04. The highest BCUT2D eigenvalue weighted by molar-refractivity contribution is 5.77. The van der Waals surface area contributed by atoms with E-state index in [0.29, 0.717) is 19.4 Å². The van der Waals surface area contributed by atoms with Gasteiger partial charge in [-0.3, -0.25) is 9.59 Å². The molecule has 2 amide bonds. The van der Waals surface area contributed by atoms with E-state index in [9.17, 15) is 9.59 Å². The first-order valence-corrected chi connectivity index (χ1v) is 5.32. The van der Waals surface area contributed by atoms with Crippen LogP contribution in [-0.2, 0) is 9.59 Å². The van der Waals surface area contributed by atoms with Gasteiger partial charge in [0.1, 0.15) is 0 Å². The average molecular weight is 198 g/mol. The minimum Gasteiger partial charge on any atom is -0.356 e. The summed E-state index contributed by atoms with van der Waals surface area (Å²) in [6.45, 7) is 1.37. The maximum Gasteiger partial charge on any atom is 0.220 e. The molecule has 80 valence electrons. The van der Waals surface area contributed by atoms with Gasteiger partial charge in [0, 0.05) is 25.9 Å². The van der Waals surface area contributed by atoms with Crippen molar-refractivity contribution in [2.75, 3.05) is 13.1 Å². The predicted octanol–water partition coefficient (Wildman–Crippen LogP) is 0.573. The van der Waals surface area contributed by atoms with Gasteiger partial charge in [0.2, 0.25) is 11.8 Å². The number of carbonyl (C=O) groups is 2. The molecule has 4 nitrogen and oxygen atoms in total. The van der Waals surface area contributed by atoms with E-state index in [2.05, 4.69) is 10.6 Å². The Bertz CT molecular complexity index is 182. The molecule has 0 spiro atoms. The molecule has 1 saturated heterocycles. The standard InChI is InChI=1S/C10H18N2O2/c13-9-5-2-1-3-7-11-10(14)6-4-8-12-9/h1-8H2,(H,11,14)(H,12,13). The van der Waals surface area contributed by atoms with Crippen molar-refractivity contribution in [3.05, 3.63) is 0 Å². The molecule has 1 aliphatic heterocycles. The molecular weight excluding hydrogens is 180 g/mol. The van der Waals surface area contributed by atoms with Gasteiger partial charge in [-0.1, -0.05) is 6.42 Å². The van der Waals surface area contributed by atoms with Crippen molar-refractivity contribution in [3.63, 3.8) is 0 Å². The van der Waals surface area contributed by atoms with Crippen LogP contribution >= 0.6 is 0 Å². The van der Waals surface area contributed by atoms with E-state index in [-0.39, 0.29) is 11.8 Å². The van der Waals surface area contributed by atoms with E-state index >= 15 is 0 Å². The number of hydrogen-bond donors (Lipinski definition) is 2. The fraction of sp³-hybridized carbons (Fsp3) is 0.800. The van der Waals surface area contributed by atoms with E-state index in [0.717, 1.165) is 32.2 Å². The lowest BCUT2D eigenvalue weighted by molar-refractivity contribution is -0.123. The molecular formula is C10H18N2O2. The zero-order chi connectivity index (χ0) is 10.2. The van der Waals surface area contributed by atoms with Crippen molar-refractivity contribution in [2.24, 2.45) is 0 Å². The second-order valence-electron chi connectivity index (χ2n) is 3.61. The smallest absolute Gasteiger partial charge is 0.220 e. The van der Waals surface area contributed by atoms with Crippen LogP contribution in [0.1, 0.15) is 38.5 Å². The Balaban J connectivity index is 2.27. The van der Waals surface area contributed by atoms with Crippen LogP contribution in [-0.4, -0.2) is 24.9 Å². The molecule has 0 radical (unpaired) electrons. The van der Waals surface area contributed by atoms with Crippen molar-refractivity contribution in [3.8, 4) is 0 Å². The maximum atomic E-state index is 11.2. The first-order valence-electron chi connectivity index (χ1n) is 5.32. The number of rotatable bonds is 0. The van der Waals surface area contributed by atoms with Gasteiger partial charge in [0.15, 0.2) is 0 Å². The van der Waals surface area contributed by atoms with Crippen LogP contribution < -0.4 is 10.6 Å². The average Bonchev–Trinajstić information content (AvgIpc) is 2.16. The fourth-order valence-corrected chi connectivity index (χ4v) is 1.47. The summed E-state index contributed by atoms with van der Waals surface area (Å²) in [5.74, 6) is 0.214. The lowest BCUT2D eigenvalue weighted by Crippen LogP contribution is -2.28. The number of hydrogen-bond acceptors (Lipinski definition) is 2. The maximum absolute atomic E-state index is 11.2. The summed E-state index contributed by atoms with van der Waals surface area (Å²) in [5.41, 5.74) is 0. The highest BCUT2D eigenvalue weighted by atomic mass is 16.2. The first kappa shape index (κ1) is 11.0. The normalized spacial score (nSPS) is 21.4. The summed E-state index contributed by atoms with van der Waals surface area (Å²) in [6, 6.07) is 0. The van der Waals surface area contributed by atoms with Gasteiger partial charge in [-0.25, -0.2) is 0 Å². The third-order valence-electron chi connectivity index (χ3n) is 2.31. The van der Waals surface area contributed by atoms with Gasteiger partial charge in [-0.05, 0) is 19.3 Å². The van der Waals surface area contributed by atoms with E-state index in [1.54, 1.807) is 0 Å². The van der Waals surface area contributed by atoms with Crippen molar-refractivity contribution < 1.29 is 9.59 Å². The van der Waals surface area contributed by atoms with Gasteiger partial charge in [-0.2, -0.15) is 0 Å². The monoisotopic (exact) mass is 198 g/mol. The summed E-state index contributed by atoms with van der Waals surface area (Å²) >= 11 is 0. The molecule has 2 N–H and O–H groups in total. The lowest BCUT2D eigenvalue weighted by Gasteiger charge is -2.08. The minimum absolute atomic E-state index is 0.0971. The predicted molar refractivity (Wildman–Crippen MR) is 53.7 cm³/mol. The molecule has 0 aromatic heterocycles. The molecule has 0 aromatic carbocycles. The van der Waals surface area contributed by atoms with Crippen LogP contribution in [0.3, 0.4) is 0 Å². The third kappa shape index (κ3) is 4.84. The Labute approximate surface area is 84.4 Å². The number of amides is 2. The summed E-state index contributed by atoms with van der Waals surface area (Å²) in [4.78, 5) is 22.3. The zero-order valence-electron chi connectivity index (χ0n) is 8.47. The quantitative estimate of drug-likeness (QED) is 0.598. The van der Waals surface area contributed by atoms with E-state index in [4.69, 9.17) is 0 Å². The van der Waals surface area contributed by atoms with Gasteiger partial charge in [0.25, 0.3) is 0 Å². The molecule has 0 aliphatic carbocycles. The highest BCUT2D eigenvalue weighted by Crippen LogP contribution is 2.00. The summed E-state index contributed by atoms with van der Waals surface area (Å²) in [5, 5.41) is 5.66. The Morgan fingerprint density at radius 3 is 2.00 bits per heavy atom. The van der Waals surface area contributed by atoms with Crippen LogP contribution in [0.2, 0.25) is 0 Å². The molecule has 0 bridgehead atoms. The molecule has 0 unspecified atom stereocenters. The zero-order valence-corrected chi connectivity index (χ0v) is 8.47. The van der Waals surface area contributed by atoms with E-state index in [1.165, 1.54) is 0 Å². The van der Waals surface area contributed by atoms with E-state index in [1.807, 2.05) is 0 Å². The fourth-order valence-electron chi connectivity index (χ4n) is 1.47. The van der Waals surface area contributed by atoms with Gasteiger partial charge < -0.3 is 10.6 Å². The van der Waals surface area contributed by atoms with Crippen molar-refractivity contribution in [1.82, 2.24) is 10.6 Å². The third-order valence-corrected chi connectivity index (χ3v) is 2.31. The van der Waals surface area contributed by atoms with Crippen LogP contribution in [0.15, 0.2) is 0 Å². The first-order chi connectivity index (χ1) is 6.79. The lowest BCUT2D eigenvalue weighted by atomic mass is 10.1. The topological polar surface area (TPSA) is 58.2 Å². The van der Waals surface area contributed by atoms with Crippen LogP contribution in [0.4, 0.5) is 0 Å². The van der Waals surface area contributed by atoms with Crippen LogP contribution in [0.25, 0.3) is 0 Å². The second-order valence-corrected chi connectivity index (χ2v) is 3.61. The summed E-state index contributed by atoms with van der Waals surface area (Å²) in [7, 11) is 0. The van der Waals surface area contributed by atoms with Crippen LogP contribution in [0.5, 0.6) is 0 Å². The summed E-state index contributed by atoms with van der Waals surface area (Å²) in [6.07, 6.45) is 4.76. The second kappa shape index (κ2) is 6.40. The Hall–Kier alpha value is -1.06. The Morgan fingerprint density at radius 2 is 1.29 bits per heavy atom. The van der Waals surface area contributed by atoms with Crippen molar-refractivity contribution >= 4 is 11.8 Å². The molecule has 1 heterocycles. The molecule has 0 aromatic rings. The van der Waals surface area contributed by atoms with Crippen molar-refractivity contribution in [1.29, 1.82) is 0 Å². The molecule has 1 aliphatic rings. The Morgan fingerprint density at radius 1 is 0.714 bits per heavy atom. The van der Waals surface area contributed by atoms with Gasteiger partial charge in [-0.15, -0.1) is 0 Å². The molecule has 1 fully saturated rings. The number of carbonyl (C=O) groups excluding carboxylic acids is 2. The molecule has 14 heavy (non-hydrogen) atoms. The molecule has 4 heteroatoms. The van der Waals surface area contributed by atoms with E-state index < -0.39 is 0 Å². The summed E-state index contributed by atoms with van der Waals surface area (Å²) < 4.78 is 0. The highest BCUT2D eigenvalue weighted by Gasteiger charge is 2.04. The van der Waals surface area contributed by atoms with Gasteiger partial charge >= 0.3 is 0 Å². The van der Waals surface area contributed by atoms with Crippen molar-refractivity contribution in [2.45, 2.75) is 38.5 Å². The molecule has 0 atom stereocenters. The number of nitrogens with one attached hydrogen (secondary N) is 2. The molecule has 0 saturated carbocycles. The van der Waals surface area contributed by atoms with Crippen LogP contribution in [0, 0.1) is 0 Å². The SMILES string of the molecule is O=C1CCCCCNC(=O)CCCN1. The minimum atomic E-state index is 0.0971.